The maximum Gasteiger partial charge on any atom is 0.341 e. The number of nitrogens with one attached hydrogen (secondary N) is 1. The van der Waals surface area contributed by atoms with E-state index in [1.165, 1.54) is 16.9 Å². The van der Waals surface area contributed by atoms with Crippen LogP contribution in [0.15, 0.2) is 84.2 Å². The van der Waals surface area contributed by atoms with E-state index in [4.69, 9.17) is 14.8 Å². The van der Waals surface area contributed by atoms with E-state index in [0.29, 0.717) is 30.9 Å². The van der Waals surface area contributed by atoms with Gasteiger partial charge in [0.15, 0.2) is 6.61 Å². The second-order valence-electron chi connectivity index (χ2n) is 10.7. The molecule has 0 bridgehead atoms. The van der Waals surface area contributed by atoms with E-state index in [2.05, 4.69) is 17.4 Å². The number of carboxylic acids is 1. The van der Waals surface area contributed by atoms with Crippen LogP contribution in [0.4, 0.5) is 0 Å². The van der Waals surface area contributed by atoms with Gasteiger partial charge < -0.3 is 25.0 Å². The van der Waals surface area contributed by atoms with Crippen molar-refractivity contribution in [1.82, 2.24) is 20.1 Å². The zero-order valence-corrected chi connectivity index (χ0v) is 25.9. The minimum Gasteiger partial charge on any atom is -0.482 e. The first-order chi connectivity index (χ1) is 21.3. The summed E-state index contributed by atoms with van der Waals surface area (Å²) < 4.78 is 5.21. The minimum absolute atomic E-state index is 0.0359. The Morgan fingerprint density at radius 3 is 2.30 bits per heavy atom. The van der Waals surface area contributed by atoms with Gasteiger partial charge in [0.05, 0.1) is 18.8 Å². The lowest BCUT2D eigenvalue weighted by molar-refractivity contribution is -0.139. The molecular weight excluding hydrogens is 576 g/mol. The second-order valence-corrected chi connectivity index (χ2v) is 11.6. The molecule has 2 amide bonds. The molecule has 0 unspecified atom stereocenters. The van der Waals surface area contributed by atoms with Gasteiger partial charge in [0, 0.05) is 29.6 Å². The van der Waals surface area contributed by atoms with Crippen molar-refractivity contribution in [3.8, 4) is 16.3 Å². The first kappa shape index (κ1) is 32.4. The smallest absolute Gasteiger partial charge is 0.341 e. The van der Waals surface area contributed by atoms with E-state index in [-0.39, 0.29) is 18.4 Å². The van der Waals surface area contributed by atoms with E-state index < -0.39 is 12.6 Å². The quantitative estimate of drug-likeness (QED) is 0.169. The van der Waals surface area contributed by atoms with E-state index in [9.17, 15) is 14.4 Å². The van der Waals surface area contributed by atoms with Crippen LogP contribution in [0, 0.1) is 0 Å². The van der Waals surface area contributed by atoms with Crippen molar-refractivity contribution in [3.05, 3.63) is 107 Å². The first-order valence-electron chi connectivity index (χ1n) is 14.5. The van der Waals surface area contributed by atoms with Crippen LogP contribution in [0.1, 0.15) is 40.0 Å². The van der Waals surface area contributed by atoms with Gasteiger partial charge in [0.25, 0.3) is 5.91 Å². The van der Waals surface area contributed by atoms with E-state index in [1.54, 1.807) is 17.0 Å². The Hall–Kier alpha value is -4.54. The largest absolute Gasteiger partial charge is 0.482 e. The average molecular weight is 615 g/mol. The second kappa shape index (κ2) is 16.3. The zero-order valence-electron chi connectivity index (χ0n) is 25.1. The highest BCUT2D eigenvalue weighted by Gasteiger charge is 2.18. The monoisotopic (exact) mass is 614 g/mol. The number of ether oxygens (including phenoxy) is 1. The van der Waals surface area contributed by atoms with Gasteiger partial charge >= 0.3 is 5.97 Å². The SMILES string of the molecule is CN(C)CC(=O)N(Cc1ccc(OCC(=O)O)cc1)Cc1csc(-c2ccc(C(=O)NCCCCc3ccccc3)cc2)n1. The standard InChI is InChI=1S/C34H38N4O5S/c1-37(2)22-31(39)38(20-26-11-17-30(18-12-26)43-23-32(40)41)21-29-24-44-34(36-29)28-15-13-27(14-16-28)33(42)35-19-7-6-10-25-8-4-3-5-9-25/h3-5,8-9,11-18,24H,6-7,10,19-23H2,1-2H3,(H,35,42)(H,40,41). The van der Waals surface area contributed by atoms with E-state index >= 15 is 0 Å². The molecule has 44 heavy (non-hydrogen) atoms. The van der Waals surface area contributed by atoms with Gasteiger partial charge in [0.2, 0.25) is 5.91 Å². The predicted octanol–water partition coefficient (Wildman–Crippen LogP) is 5.12. The first-order valence-corrected chi connectivity index (χ1v) is 15.4. The number of unbranched alkanes of at least 4 members (excludes halogenated alkanes) is 1. The summed E-state index contributed by atoms with van der Waals surface area (Å²) >= 11 is 1.49. The number of amides is 2. The number of carbonyl (C=O) groups excluding carboxylic acids is 2. The molecular formula is C34H38N4O5S. The number of hydrogen-bond donors (Lipinski definition) is 2. The maximum absolute atomic E-state index is 13.1. The molecule has 1 heterocycles. The number of nitrogens with zero attached hydrogens (tertiary/aromatic N) is 3. The summed E-state index contributed by atoms with van der Waals surface area (Å²) in [6.07, 6.45) is 2.94. The fourth-order valence-electron chi connectivity index (χ4n) is 4.53. The third-order valence-corrected chi connectivity index (χ3v) is 7.72. The average Bonchev–Trinajstić information content (AvgIpc) is 3.49. The van der Waals surface area contributed by atoms with Crippen molar-refractivity contribution in [1.29, 1.82) is 0 Å². The summed E-state index contributed by atoms with van der Waals surface area (Å²) in [5, 5.41) is 14.6. The van der Waals surface area contributed by atoms with E-state index in [1.807, 2.05) is 79.0 Å². The lowest BCUT2D eigenvalue weighted by Crippen LogP contribution is -2.37. The Morgan fingerprint density at radius 2 is 1.61 bits per heavy atom. The van der Waals surface area contributed by atoms with Crippen LogP contribution in [0.5, 0.6) is 5.75 Å². The zero-order chi connectivity index (χ0) is 31.3. The number of thiazole rings is 1. The fraction of sp³-hybridized carbons (Fsp3) is 0.294. The molecule has 2 N–H and O–H groups in total. The molecule has 0 saturated heterocycles. The molecule has 0 spiro atoms. The van der Waals surface area contributed by atoms with E-state index in [0.717, 1.165) is 41.1 Å². The molecule has 9 nitrogen and oxygen atoms in total. The number of aliphatic carboxylic acids is 1. The summed E-state index contributed by atoms with van der Waals surface area (Å²) in [7, 11) is 3.70. The Labute approximate surface area is 262 Å². The highest BCUT2D eigenvalue weighted by Crippen LogP contribution is 2.25. The topological polar surface area (TPSA) is 112 Å². The van der Waals surface area contributed by atoms with Gasteiger partial charge in [-0.2, -0.15) is 0 Å². The number of aromatic nitrogens is 1. The van der Waals surface area contributed by atoms with Crippen molar-refractivity contribution in [2.24, 2.45) is 0 Å². The number of aryl methyl sites for hydroxylation is 1. The van der Waals surface area contributed by atoms with Crippen LogP contribution < -0.4 is 10.1 Å². The lowest BCUT2D eigenvalue weighted by Gasteiger charge is -2.24. The Bertz CT molecular complexity index is 1500. The third-order valence-electron chi connectivity index (χ3n) is 6.78. The molecule has 0 fully saturated rings. The highest BCUT2D eigenvalue weighted by atomic mass is 32.1. The van der Waals surface area contributed by atoms with Crippen LogP contribution in [0.25, 0.3) is 10.6 Å². The van der Waals surface area contributed by atoms with Crippen LogP contribution in [0.2, 0.25) is 0 Å². The van der Waals surface area contributed by atoms with Gasteiger partial charge in [-0.25, -0.2) is 9.78 Å². The van der Waals surface area contributed by atoms with Crippen molar-refractivity contribution in [2.45, 2.75) is 32.4 Å². The van der Waals surface area contributed by atoms with Gasteiger partial charge in [-0.15, -0.1) is 11.3 Å². The molecule has 0 radical (unpaired) electrons. The predicted molar refractivity (Wildman–Crippen MR) is 172 cm³/mol. The summed E-state index contributed by atoms with van der Waals surface area (Å²) in [4.78, 5) is 44.8. The van der Waals surface area contributed by atoms with Crippen LogP contribution in [-0.2, 0) is 29.1 Å². The third kappa shape index (κ3) is 10.3. The molecule has 3 aromatic carbocycles. The van der Waals surface area contributed by atoms with Gasteiger partial charge in [-0.05, 0) is 68.8 Å². The molecule has 230 valence electrons. The number of carboxylic acid groups (broad SMARTS) is 1. The molecule has 0 atom stereocenters. The van der Waals surface area contributed by atoms with Gasteiger partial charge in [-0.1, -0.05) is 54.6 Å². The summed E-state index contributed by atoms with van der Waals surface area (Å²) in [6.45, 7) is 1.19. The van der Waals surface area contributed by atoms with Crippen molar-refractivity contribution < 1.29 is 24.2 Å². The lowest BCUT2D eigenvalue weighted by atomic mass is 10.1. The molecule has 1 aromatic heterocycles. The van der Waals surface area contributed by atoms with Crippen LogP contribution in [0.3, 0.4) is 0 Å². The highest BCUT2D eigenvalue weighted by molar-refractivity contribution is 7.13. The fourth-order valence-corrected chi connectivity index (χ4v) is 5.35. The van der Waals surface area contributed by atoms with Gasteiger partial charge in [-0.3, -0.25) is 9.59 Å². The molecule has 0 aliphatic carbocycles. The van der Waals surface area contributed by atoms with Crippen LogP contribution >= 0.6 is 11.3 Å². The number of rotatable bonds is 16. The normalized spacial score (nSPS) is 10.9. The molecule has 0 aliphatic rings. The van der Waals surface area contributed by atoms with Crippen LogP contribution in [-0.4, -0.2) is 71.5 Å². The van der Waals surface area contributed by atoms with Gasteiger partial charge in [0.1, 0.15) is 10.8 Å². The number of likely N-dealkylation sites (N-methyl/N-ethyl adjacent to an activating group) is 1. The molecule has 4 aromatic rings. The maximum atomic E-state index is 13.1. The Balaban J connectivity index is 1.32. The summed E-state index contributed by atoms with van der Waals surface area (Å²) in [5.41, 5.74) is 4.48. The number of benzene rings is 3. The summed E-state index contributed by atoms with van der Waals surface area (Å²) in [5.74, 6) is -0.716. The molecule has 0 saturated carbocycles. The Kier molecular flexibility index (Phi) is 12.0. The van der Waals surface area contributed by atoms with Crippen molar-refractivity contribution >= 4 is 29.1 Å². The Morgan fingerprint density at radius 1 is 0.886 bits per heavy atom. The van der Waals surface area contributed by atoms with Crippen molar-refractivity contribution in [2.75, 3.05) is 33.8 Å². The minimum atomic E-state index is -1.04. The molecule has 4 rings (SSSR count). The van der Waals surface area contributed by atoms with Crippen molar-refractivity contribution in [3.63, 3.8) is 0 Å². The molecule has 0 aliphatic heterocycles. The summed E-state index contributed by atoms with van der Waals surface area (Å²) in [6, 6.07) is 24.8. The number of hydrogen-bond acceptors (Lipinski definition) is 7. The molecule has 10 heteroatoms. The number of carbonyl (C=O) groups is 3.